The highest BCUT2D eigenvalue weighted by molar-refractivity contribution is 7.90. The Morgan fingerprint density at radius 1 is 1.05 bits per heavy atom. The number of aromatic carboxylic acids is 1. The summed E-state index contributed by atoms with van der Waals surface area (Å²) in [6.45, 7) is 2.41. The number of amides is 2. The Balaban J connectivity index is 1.61. The van der Waals surface area contributed by atoms with E-state index in [-0.39, 0.29) is 22.1 Å². The molecule has 1 aliphatic rings. The molecule has 1 aromatic carbocycles. The summed E-state index contributed by atoms with van der Waals surface area (Å²) in [5.41, 5.74) is 0.938. The minimum absolute atomic E-state index is 0.0181. The number of nitrogens with one attached hydrogen (secondary N) is 2. The summed E-state index contributed by atoms with van der Waals surface area (Å²) in [6, 6.07) is 7.62. The number of carboxylic acids is 1. The molecular formula is C28H37N3O6S. The highest BCUT2D eigenvalue weighted by Crippen LogP contribution is 2.26. The molecule has 0 atom stereocenters. The first-order valence-corrected chi connectivity index (χ1v) is 14.8. The van der Waals surface area contributed by atoms with Crippen LogP contribution in [0.3, 0.4) is 0 Å². The molecule has 1 aromatic heterocycles. The number of pyridine rings is 1. The molecule has 206 valence electrons. The monoisotopic (exact) mass is 543 g/mol. The van der Waals surface area contributed by atoms with Crippen LogP contribution in [0.5, 0.6) is 0 Å². The molecule has 0 spiro atoms. The third-order valence-electron chi connectivity index (χ3n) is 6.85. The number of aromatic nitrogens is 1. The lowest BCUT2D eigenvalue weighted by Gasteiger charge is -2.20. The van der Waals surface area contributed by atoms with E-state index in [9.17, 15) is 27.9 Å². The van der Waals surface area contributed by atoms with Crippen molar-refractivity contribution in [1.82, 2.24) is 15.0 Å². The van der Waals surface area contributed by atoms with Crippen LogP contribution in [0, 0.1) is 5.92 Å². The fourth-order valence-corrected chi connectivity index (χ4v) is 5.81. The number of carbonyl (C=O) groups excluding carboxylic acids is 2. The molecule has 0 radical (unpaired) electrons. The lowest BCUT2D eigenvalue weighted by atomic mass is 9.87. The van der Waals surface area contributed by atoms with Crippen molar-refractivity contribution in [2.75, 3.05) is 6.54 Å². The van der Waals surface area contributed by atoms with Gasteiger partial charge in [0.2, 0.25) is 5.91 Å². The van der Waals surface area contributed by atoms with Crippen molar-refractivity contribution in [2.45, 2.75) is 82.4 Å². The van der Waals surface area contributed by atoms with Crippen molar-refractivity contribution >= 4 is 27.8 Å². The standard InChI is InChI=1S/C28H37N3O6S/c1-2-3-5-12-22-18-23(19-30-26(22)28(34)35)27(33)31-38(36,37)24-13-8-11-21(16-24)14-15-29-25(32)17-20-9-6-4-7-10-20/h8,11,13,16,18-20H,2-7,9-10,12,14-15,17H2,1H3,(H,29,32)(H,31,33)(H,34,35). The van der Waals surface area contributed by atoms with Crippen LogP contribution in [-0.4, -0.2) is 42.8 Å². The highest BCUT2D eigenvalue weighted by atomic mass is 32.2. The molecule has 1 fully saturated rings. The first-order valence-electron chi connectivity index (χ1n) is 13.3. The van der Waals surface area contributed by atoms with Crippen LogP contribution >= 0.6 is 0 Å². The number of nitrogens with zero attached hydrogens (tertiary/aromatic N) is 1. The van der Waals surface area contributed by atoms with Crippen LogP contribution in [0.25, 0.3) is 0 Å². The summed E-state index contributed by atoms with van der Waals surface area (Å²) in [7, 11) is -4.18. The predicted molar refractivity (Wildman–Crippen MR) is 143 cm³/mol. The summed E-state index contributed by atoms with van der Waals surface area (Å²) >= 11 is 0. The second kappa shape index (κ2) is 14.0. The number of unbranched alkanes of at least 4 members (excludes halogenated alkanes) is 2. The first kappa shape index (κ1) is 29.3. The Morgan fingerprint density at radius 3 is 2.53 bits per heavy atom. The maximum absolute atomic E-state index is 12.9. The van der Waals surface area contributed by atoms with E-state index >= 15 is 0 Å². The van der Waals surface area contributed by atoms with E-state index < -0.39 is 21.9 Å². The average Bonchev–Trinajstić information content (AvgIpc) is 2.89. The summed E-state index contributed by atoms with van der Waals surface area (Å²) in [6.07, 6.45) is 10.8. The van der Waals surface area contributed by atoms with Crippen LogP contribution in [0.4, 0.5) is 0 Å². The van der Waals surface area contributed by atoms with Gasteiger partial charge in [-0.05, 0) is 67.3 Å². The average molecular weight is 544 g/mol. The molecule has 9 nitrogen and oxygen atoms in total. The fraction of sp³-hybridized carbons (Fsp3) is 0.500. The van der Waals surface area contributed by atoms with E-state index in [1.165, 1.54) is 37.5 Å². The maximum Gasteiger partial charge on any atom is 0.354 e. The SMILES string of the molecule is CCCCCc1cc(C(=O)NS(=O)(=O)c2cccc(CCNC(=O)CC3CCCCC3)c2)cnc1C(=O)O. The Hall–Kier alpha value is -3.27. The highest BCUT2D eigenvalue weighted by Gasteiger charge is 2.22. The number of hydrogen-bond donors (Lipinski definition) is 3. The second-order valence-electron chi connectivity index (χ2n) is 9.88. The van der Waals surface area contributed by atoms with Gasteiger partial charge in [-0.3, -0.25) is 9.59 Å². The molecule has 1 heterocycles. The molecule has 2 aromatic rings. The number of rotatable bonds is 13. The van der Waals surface area contributed by atoms with Crippen molar-refractivity contribution in [3.8, 4) is 0 Å². The van der Waals surface area contributed by atoms with Crippen molar-refractivity contribution in [2.24, 2.45) is 5.92 Å². The quantitative estimate of drug-likeness (QED) is 0.320. The Labute approximate surface area is 224 Å². The van der Waals surface area contributed by atoms with Gasteiger partial charge in [-0.1, -0.05) is 51.2 Å². The van der Waals surface area contributed by atoms with E-state index in [2.05, 4.69) is 15.0 Å². The van der Waals surface area contributed by atoms with E-state index in [1.54, 1.807) is 12.1 Å². The second-order valence-corrected chi connectivity index (χ2v) is 11.6. The largest absolute Gasteiger partial charge is 0.477 e. The normalized spacial score (nSPS) is 14.1. The topological polar surface area (TPSA) is 143 Å². The van der Waals surface area contributed by atoms with Crippen LogP contribution in [-0.2, 0) is 27.7 Å². The minimum Gasteiger partial charge on any atom is -0.477 e. The van der Waals surface area contributed by atoms with Gasteiger partial charge >= 0.3 is 5.97 Å². The zero-order valence-electron chi connectivity index (χ0n) is 21.9. The van der Waals surface area contributed by atoms with Gasteiger partial charge in [-0.25, -0.2) is 22.9 Å². The fourth-order valence-electron chi connectivity index (χ4n) is 4.76. The number of carbonyl (C=O) groups is 3. The van der Waals surface area contributed by atoms with E-state index in [0.717, 1.165) is 38.3 Å². The van der Waals surface area contributed by atoms with Gasteiger partial charge in [0.25, 0.3) is 15.9 Å². The molecule has 3 N–H and O–H groups in total. The van der Waals surface area contributed by atoms with Crippen molar-refractivity contribution in [1.29, 1.82) is 0 Å². The third-order valence-corrected chi connectivity index (χ3v) is 8.18. The zero-order valence-corrected chi connectivity index (χ0v) is 22.7. The van der Waals surface area contributed by atoms with Gasteiger partial charge in [-0.15, -0.1) is 0 Å². The summed E-state index contributed by atoms with van der Waals surface area (Å²) < 4.78 is 27.9. The number of hydrogen-bond acceptors (Lipinski definition) is 6. The van der Waals surface area contributed by atoms with Gasteiger partial charge in [0.15, 0.2) is 5.69 Å². The van der Waals surface area contributed by atoms with Crippen LogP contribution in [0.2, 0.25) is 0 Å². The van der Waals surface area contributed by atoms with Gasteiger partial charge < -0.3 is 10.4 Å². The molecule has 0 saturated heterocycles. The number of benzene rings is 1. The van der Waals surface area contributed by atoms with Gasteiger partial charge in [0.05, 0.1) is 10.5 Å². The molecular weight excluding hydrogens is 506 g/mol. The van der Waals surface area contributed by atoms with Crippen molar-refractivity contribution < 1.29 is 27.9 Å². The molecule has 38 heavy (non-hydrogen) atoms. The molecule has 0 aliphatic heterocycles. The van der Waals surface area contributed by atoms with Crippen LogP contribution in [0.15, 0.2) is 41.4 Å². The number of aryl methyl sites for hydroxylation is 1. The van der Waals surface area contributed by atoms with E-state index in [0.29, 0.717) is 42.9 Å². The molecule has 0 bridgehead atoms. The van der Waals surface area contributed by atoms with E-state index in [4.69, 9.17) is 0 Å². The van der Waals surface area contributed by atoms with Crippen molar-refractivity contribution in [3.63, 3.8) is 0 Å². The summed E-state index contributed by atoms with van der Waals surface area (Å²) in [5, 5.41) is 12.3. The van der Waals surface area contributed by atoms with Gasteiger partial charge in [-0.2, -0.15) is 0 Å². The lowest BCUT2D eigenvalue weighted by Crippen LogP contribution is -2.31. The molecule has 1 saturated carbocycles. The number of carboxylic acid groups (broad SMARTS) is 1. The number of sulfonamides is 1. The van der Waals surface area contributed by atoms with Crippen molar-refractivity contribution in [3.05, 3.63) is 58.9 Å². The van der Waals surface area contributed by atoms with Crippen LogP contribution in [0.1, 0.15) is 96.7 Å². The first-order chi connectivity index (χ1) is 18.2. The summed E-state index contributed by atoms with van der Waals surface area (Å²) in [5.74, 6) is -1.61. The molecule has 0 unspecified atom stereocenters. The Kier molecular flexibility index (Phi) is 10.8. The molecule has 2 amide bonds. The Bertz CT molecular complexity index is 1240. The minimum atomic E-state index is -4.18. The van der Waals surface area contributed by atoms with E-state index in [1.807, 2.05) is 6.92 Å². The molecule has 10 heteroatoms. The van der Waals surface area contributed by atoms with Gasteiger partial charge in [0.1, 0.15) is 0 Å². The smallest absolute Gasteiger partial charge is 0.354 e. The zero-order chi connectivity index (χ0) is 27.5. The Morgan fingerprint density at radius 2 is 1.82 bits per heavy atom. The molecule has 1 aliphatic carbocycles. The van der Waals surface area contributed by atoms with Gasteiger partial charge in [0, 0.05) is 19.2 Å². The summed E-state index contributed by atoms with van der Waals surface area (Å²) in [4.78, 5) is 40.3. The maximum atomic E-state index is 12.9. The molecule has 3 rings (SSSR count). The lowest BCUT2D eigenvalue weighted by molar-refractivity contribution is -0.122. The third kappa shape index (κ3) is 8.65. The predicted octanol–water partition coefficient (Wildman–Crippen LogP) is 4.26. The van der Waals surface area contributed by atoms with Crippen LogP contribution < -0.4 is 10.0 Å².